The zero-order valence-electron chi connectivity index (χ0n) is 16.7. The zero-order valence-corrected chi connectivity index (χ0v) is 16.7. The summed E-state index contributed by atoms with van der Waals surface area (Å²) in [6.07, 6.45) is 4.68. The van der Waals surface area contributed by atoms with Crippen LogP contribution in [0.1, 0.15) is 59.8 Å². The molecule has 2 aliphatic rings. The van der Waals surface area contributed by atoms with Gasteiger partial charge in [0.05, 0.1) is 0 Å². The van der Waals surface area contributed by atoms with Gasteiger partial charge in [-0.15, -0.1) is 0 Å². The van der Waals surface area contributed by atoms with Crippen molar-refractivity contribution in [2.24, 2.45) is 11.8 Å². The molecule has 0 aliphatic carbocycles. The normalized spacial score (nSPS) is 26.4. The van der Waals surface area contributed by atoms with E-state index in [1.165, 1.54) is 0 Å². The Hall–Kier alpha value is -1.79. The quantitative estimate of drug-likeness (QED) is 0.605. The molecule has 2 rings (SSSR count). The van der Waals surface area contributed by atoms with Gasteiger partial charge in [-0.2, -0.15) is 0 Å². The fourth-order valence-corrected chi connectivity index (χ4v) is 4.05. The fraction of sp³-hybridized carbons (Fsp3) is 0.842. The van der Waals surface area contributed by atoms with Crippen LogP contribution in [0.2, 0.25) is 0 Å². The van der Waals surface area contributed by atoms with Crippen LogP contribution >= 0.6 is 0 Å². The first-order valence-corrected chi connectivity index (χ1v) is 9.98. The van der Waals surface area contributed by atoms with E-state index >= 15 is 0 Å². The van der Waals surface area contributed by atoms with Crippen molar-refractivity contribution in [3.8, 4) is 0 Å². The molecule has 0 saturated carbocycles. The van der Waals surface area contributed by atoms with Crippen molar-refractivity contribution in [2.45, 2.75) is 65.3 Å². The Kier molecular flexibility index (Phi) is 6.89. The lowest BCUT2D eigenvalue weighted by Crippen LogP contribution is -2.49. The summed E-state index contributed by atoms with van der Waals surface area (Å²) < 4.78 is 0. The lowest BCUT2D eigenvalue weighted by atomic mass is 9.90. The predicted octanol–water partition coefficient (Wildman–Crippen LogP) is 2.38. The highest BCUT2D eigenvalue weighted by atomic mass is 16.2. The van der Waals surface area contributed by atoms with Crippen molar-refractivity contribution >= 4 is 17.9 Å². The van der Waals surface area contributed by atoms with E-state index in [2.05, 4.69) is 31.4 Å². The Morgan fingerprint density at radius 1 is 1.46 bits per heavy atom. The van der Waals surface area contributed by atoms with Crippen molar-refractivity contribution in [1.82, 2.24) is 20.4 Å². The van der Waals surface area contributed by atoms with Crippen LogP contribution in [0.5, 0.6) is 0 Å². The minimum absolute atomic E-state index is 0.00579. The largest absolute Gasteiger partial charge is 0.342 e. The molecule has 148 valence electrons. The summed E-state index contributed by atoms with van der Waals surface area (Å²) in [6, 6.07) is -0.00579. The molecule has 7 nitrogen and oxygen atoms in total. The maximum atomic E-state index is 12.9. The smallest absolute Gasteiger partial charge is 0.317 e. The molecule has 2 atom stereocenters. The number of carbonyl (C=O) groups is 2. The van der Waals surface area contributed by atoms with Crippen LogP contribution in [0.3, 0.4) is 0 Å². The Labute approximate surface area is 157 Å². The Morgan fingerprint density at radius 2 is 2.19 bits per heavy atom. The van der Waals surface area contributed by atoms with Crippen LogP contribution in [0.25, 0.3) is 0 Å². The monoisotopic (exact) mass is 365 g/mol. The number of guanidine groups is 1. The van der Waals surface area contributed by atoms with Gasteiger partial charge in [-0.05, 0) is 44.4 Å². The number of hydrogen-bond donors (Lipinski definition) is 3. The van der Waals surface area contributed by atoms with E-state index in [9.17, 15) is 9.59 Å². The number of piperidine rings is 1. The molecule has 26 heavy (non-hydrogen) atoms. The Bertz CT molecular complexity index is 536. The summed E-state index contributed by atoms with van der Waals surface area (Å²) in [6.45, 7) is 10.8. The second-order valence-electron chi connectivity index (χ2n) is 8.36. The Balaban J connectivity index is 1.92. The highest BCUT2D eigenvalue weighted by molar-refractivity contribution is 6.07. The second kappa shape index (κ2) is 8.73. The fourth-order valence-electron chi connectivity index (χ4n) is 4.05. The van der Waals surface area contributed by atoms with Crippen LogP contribution in [0, 0.1) is 17.2 Å². The molecule has 0 aromatic heterocycles. The third-order valence-corrected chi connectivity index (χ3v) is 5.25. The van der Waals surface area contributed by atoms with Gasteiger partial charge >= 0.3 is 6.03 Å². The number of unbranched alkanes of at least 4 members (excludes halogenated alkanes) is 1. The predicted molar refractivity (Wildman–Crippen MR) is 103 cm³/mol. The van der Waals surface area contributed by atoms with Gasteiger partial charge in [-0.25, -0.2) is 4.79 Å². The third-order valence-electron chi connectivity index (χ3n) is 5.25. The van der Waals surface area contributed by atoms with Crippen molar-refractivity contribution < 1.29 is 9.59 Å². The van der Waals surface area contributed by atoms with Gasteiger partial charge in [0, 0.05) is 26.2 Å². The average molecular weight is 366 g/mol. The van der Waals surface area contributed by atoms with E-state index in [1.54, 1.807) is 4.90 Å². The van der Waals surface area contributed by atoms with Crippen molar-refractivity contribution in [2.75, 3.05) is 26.2 Å². The average Bonchev–Trinajstić information content (AvgIpc) is 2.77. The number of nitrogens with zero attached hydrogens (tertiary/aromatic N) is 2. The van der Waals surface area contributed by atoms with Gasteiger partial charge in [0.1, 0.15) is 5.54 Å². The number of nitrogens with one attached hydrogen (secondary N) is 3. The molecule has 0 aromatic rings. The summed E-state index contributed by atoms with van der Waals surface area (Å²) in [4.78, 5) is 28.6. The first-order valence-electron chi connectivity index (χ1n) is 9.98. The molecule has 0 radical (unpaired) electrons. The molecule has 2 fully saturated rings. The lowest BCUT2D eigenvalue weighted by Gasteiger charge is -2.34. The van der Waals surface area contributed by atoms with Gasteiger partial charge in [-0.1, -0.05) is 27.2 Å². The molecular formula is C19H35N5O2. The van der Waals surface area contributed by atoms with Gasteiger partial charge in [0.15, 0.2) is 5.96 Å². The molecule has 2 saturated heterocycles. The third kappa shape index (κ3) is 4.89. The first kappa shape index (κ1) is 20.5. The molecule has 2 aliphatic heterocycles. The number of urea groups is 1. The standard InChI is InChI=1S/C19H35N5O2/c1-5-6-9-21-18(26)23-10-7-8-15(12-23)13-24-16(25)19(4,11-14(2)3)22-17(24)20/h14-15H,5-13H2,1-4H3,(H2,20,22)(H,21,26). The summed E-state index contributed by atoms with van der Waals surface area (Å²) >= 11 is 0. The maximum absolute atomic E-state index is 12.9. The maximum Gasteiger partial charge on any atom is 0.317 e. The molecule has 0 bridgehead atoms. The van der Waals surface area contributed by atoms with E-state index in [4.69, 9.17) is 5.41 Å². The van der Waals surface area contributed by atoms with Gasteiger partial charge < -0.3 is 15.5 Å². The molecule has 2 unspecified atom stereocenters. The number of likely N-dealkylation sites (tertiary alicyclic amines) is 1. The molecule has 0 spiro atoms. The lowest BCUT2D eigenvalue weighted by molar-refractivity contribution is -0.131. The molecular weight excluding hydrogens is 330 g/mol. The highest BCUT2D eigenvalue weighted by Crippen LogP contribution is 2.27. The van der Waals surface area contributed by atoms with Crippen molar-refractivity contribution in [3.05, 3.63) is 0 Å². The van der Waals surface area contributed by atoms with Gasteiger partial charge in [0.2, 0.25) is 0 Å². The van der Waals surface area contributed by atoms with Gasteiger partial charge in [-0.3, -0.25) is 15.1 Å². The van der Waals surface area contributed by atoms with Crippen LogP contribution in [0.15, 0.2) is 0 Å². The minimum Gasteiger partial charge on any atom is -0.342 e. The van der Waals surface area contributed by atoms with Crippen LogP contribution in [-0.4, -0.2) is 59.4 Å². The minimum atomic E-state index is -0.683. The van der Waals surface area contributed by atoms with E-state index in [-0.39, 0.29) is 23.8 Å². The molecule has 3 N–H and O–H groups in total. The van der Waals surface area contributed by atoms with Crippen LogP contribution in [0.4, 0.5) is 4.79 Å². The van der Waals surface area contributed by atoms with E-state index in [1.807, 2.05) is 11.8 Å². The van der Waals surface area contributed by atoms with E-state index < -0.39 is 5.54 Å². The molecule has 2 heterocycles. The first-order chi connectivity index (χ1) is 12.3. The number of rotatable bonds is 7. The summed E-state index contributed by atoms with van der Waals surface area (Å²) in [5.41, 5.74) is -0.683. The second-order valence-corrected chi connectivity index (χ2v) is 8.36. The van der Waals surface area contributed by atoms with Gasteiger partial charge in [0.25, 0.3) is 5.91 Å². The highest BCUT2D eigenvalue weighted by Gasteiger charge is 2.46. The van der Waals surface area contributed by atoms with Crippen LogP contribution in [-0.2, 0) is 4.79 Å². The zero-order chi connectivity index (χ0) is 19.3. The molecule has 3 amide bonds. The van der Waals surface area contributed by atoms with Crippen LogP contribution < -0.4 is 10.6 Å². The number of carbonyl (C=O) groups excluding carboxylic acids is 2. The van der Waals surface area contributed by atoms with Crippen molar-refractivity contribution in [3.63, 3.8) is 0 Å². The molecule has 0 aromatic carbocycles. The van der Waals surface area contributed by atoms with E-state index in [0.29, 0.717) is 32.0 Å². The SMILES string of the molecule is CCCCNC(=O)N1CCCC(CN2C(=N)NC(C)(CC(C)C)C2=O)C1. The summed E-state index contributed by atoms with van der Waals surface area (Å²) in [7, 11) is 0. The number of hydrogen-bond acceptors (Lipinski definition) is 3. The summed E-state index contributed by atoms with van der Waals surface area (Å²) in [5, 5.41) is 14.3. The molecule has 7 heteroatoms. The summed E-state index contributed by atoms with van der Waals surface area (Å²) in [5.74, 6) is 0.776. The van der Waals surface area contributed by atoms with Crippen molar-refractivity contribution in [1.29, 1.82) is 5.41 Å². The van der Waals surface area contributed by atoms with E-state index in [0.717, 1.165) is 32.2 Å². The number of amides is 3. The topological polar surface area (TPSA) is 88.5 Å². The Morgan fingerprint density at radius 3 is 2.85 bits per heavy atom.